The van der Waals surface area contributed by atoms with Crippen LogP contribution in [-0.2, 0) is 16.0 Å². The standard InChI is InChI=1S/C54H65F2N11O5/c1-6-34-11-13-35(14-12-34)32(2)59-50(70)44-27-39(68)31-67(44)51(71)48(54(4,5)21-15-46(55)56)61-53(72)65-24-18-38(19-25-65)64-22-16-36(17-23-64)37-29-57-52(58-30-37)66-26-20-42-47(33(66)3)41-28-43(62-63-49(41)60-42)40-9-7-8-10-45(40)69/h1,7-14,28-30,32-33,36,38-39,44,46,48,68-69H,15-27,31H2,2-5H3,(H,59,70)(H,60,63)(H,61,72)/t32-,33+,39+,44-,48+/m0/s1. The number of terminal acetylenes is 1. The van der Waals surface area contributed by atoms with Crippen molar-refractivity contribution in [1.29, 1.82) is 0 Å². The molecule has 380 valence electrons. The lowest BCUT2D eigenvalue weighted by atomic mass is 9.79. The van der Waals surface area contributed by atoms with Gasteiger partial charge >= 0.3 is 6.03 Å². The van der Waals surface area contributed by atoms with Crippen LogP contribution in [0.5, 0.6) is 5.75 Å². The Balaban J connectivity index is 0.787. The first-order valence-corrected chi connectivity index (χ1v) is 25.3. The molecule has 4 aliphatic rings. The van der Waals surface area contributed by atoms with Gasteiger partial charge in [-0.25, -0.2) is 23.5 Å². The number of aliphatic hydroxyl groups excluding tert-OH is 1. The van der Waals surface area contributed by atoms with Crippen molar-refractivity contribution in [3.05, 3.63) is 94.9 Å². The van der Waals surface area contributed by atoms with E-state index >= 15 is 0 Å². The van der Waals surface area contributed by atoms with Gasteiger partial charge in [-0.2, -0.15) is 0 Å². The van der Waals surface area contributed by atoms with Gasteiger partial charge in [-0.15, -0.1) is 16.6 Å². The average molecular weight is 986 g/mol. The van der Waals surface area contributed by atoms with Crippen molar-refractivity contribution in [2.24, 2.45) is 5.41 Å². The molecule has 2 aromatic carbocycles. The molecule has 5 atom stereocenters. The number of rotatable bonds is 13. The third-order valence-corrected chi connectivity index (χ3v) is 15.6. The fourth-order valence-electron chi connectivity index (χ4n) is 11.3. The number of nitrogens with zero attached hydrogens (tertiary/aromatic N) is 8. The minimum absolute atomic E-state index is 0.00230. The second-order valence-electron chi connectivity index (χ2n) is 20.7. The van der Waals surface area contributed by atoms with Gasteiger partial charge < -0.3 is 45.4 Å². The van der Waals surface area contributed by atoms with E-state index in [1.165, 1.54) is 4.90 Å². The second kappa shape index (κ2) is 21.2. The number of aliphatic hydroxyl groups is 1. The molecule has 0 spiro atoms. The van der Waals surface area contributed by atoms with Crippen LogP contribution in [0.25, 0.3) is 22.3 Å². The number of aromatic amines is 1. The normalized spacial score (nSPS) is 21.1. The van der Waals surface area contributed by atoms with Crippen LogP contribution in [0, 0.1) is 17.8 Å². The molecule has 0 radical (unpaired) electrons. The maximum atomic E-state index is 14.5. The summed E-state index contributed by atoms with van der Waals surface area (Å²) in [5.41, 5.74) is 5.70. The number of carbonyl (C=O) groups excluding carboxylic acids is 3. The maximum Gasteiger partial charge on any atom is 0.318 e. The van der Waals surface area contributed by atoms with Crippen LogP contribution < -0.4 is 15.5 Å². The molecule has 5 aromatic rings. The van der Waals surface area contributed by atoms with Crippen LogP contribution in [0.4, 0.5) is 19.5 Å². The number of likely N-dealkylation sites (tertiary alicyclic amines) is 3. The summed E-state index contributed by atoms with van der Waals surface area (Å²) in [6.07, 6.45) is 9.46. The first-order chi connectivity index (χ1) is 34.6. The number of carbonyl (C=O) groups is 3. The average Bonchev–Trinajstić information content (AvgIpc) is 3.98. The third-order valence-electron chi connectivity index (χ3n) is 15.6. The number of phenols is 1. The quantitative estimate of drug-likeness (QED) is 0.0774. The van der Waals surface area contributed by atoms with Gasteiger partial charge in [0.25, 0.3) is 0 Å². The Hall–Kier alpha value is -6.71. The summed E-state index contributed by atoms with van der Waals surface area (Å²) in [5.74, 6) is 2.65. The highest BCUT2D eigenvalue weighted by Gasteiger charge is 2.47. The largest absolute Gasteiger partial charge is 0.507 e. The lowest BCUT2D eigenvalue weighted by molar-refractivity contribution is -0.142. The molecule has 3 saturated heterocycles. The fraction of sp³-hybridized carbons (Fsp3) is 0.500. The number of H-pyrrole nitrogens is 1. The lowest BCUT2D eigenvalue weighted by Gasteiger charge is -2.43. The molecule has 4 amide bonds. The Labute approximate surface area is 419 Å². The van der Waals surface area contributed by atoms with E-state index < -0.39 is 60.3 Å². The first kappa shape index (κ1) is 50.2. The summed E-state index contributed by atoms with van der Waals surface area (Å²) in [7, 11) is 0. The summed E-state index contributed by atoms with van der Waals surface area (Å²) in [5, 5.41) is 37.0. The number of fused-ring (bicyclic) bond motifs is 3. The number of alkyl halides is 2. The van der Waals surface area contributed by atoms with Gasteiger partial charge in [-0.1, -0.05) is 44.0 Å². The van der Waals surface area contributed by atoms with Gasteiger partial charge in [0.15, 0.2) is 5.65 Å². The number of nitrogens with one attached hydrogen (secondary N) is 3. The molecular weight excluding hydrogens is 921 g/mol. The summed E-state index contributed by atoms with van der Waals surface area (Å²) in [6.45, 7) is 10.6. The minimum Gasteiger partial charge on any atom is -0.507 e. The molecule has 72 heavy (non-hydrogen) atoms. The smallest absolute Gasteiger partial charge is 0.318 e. The molecule has 4 aliphatic heterocycles. The molecule has 3 fully saturated rings. The second-order valence-corrected chi connectivity index (χ2v) is 20.7. The fourth-order valence-corrected chi connectivity index (χ4v) is 11.3. The van der Waals surface area contributed by atoms with Crippen molar-refractivity contribution in [2.45, 2.75) is 128 Å². The highest BCUT2D eigenvalue weighted by molar-refractivity contribution is 5.93. The molecule has 0 bridgehead atoms. The molecule has 0 saturated carbocycles. The zero-order valence-electron chi connectivity index (χ0n) is 41.4. The number of hydrogen-bond donors (Lipinski definition) is 5. The van der Waals surface area contributed by atoms with Crippen molar-refractivity contribution in [3.8, 4) is 29.4 Å². The topological polar surface area (TPSA) is 196 Å². The molecule has 7 heterocycles. The molecule has 9 rings (SSSR count). The summed E-state index contributed by atoms with van der Waals surface area (Å²) in [6, 6.07) is 13.4. The summed E-state index contributed by atoms with van der Waals surface area (Å²) < 4.78 is 27.2. The van der Waals surface area contributed by atoms with Gasteiger partial charge in [0, 0.05) is 91.6 Å². The molecule has 0 aliphatic carbocycles. The number of para-hydroxylation sites is 1. The highest BCUT2D eigenvalue weighted by atomic mass is 19.3. The molecular formula is C54H65F2N11O5. The molecule has 18 heteroatoms. The van der Waals surface area contributed by atoms with Crippen LogP contribution in [0.1, 0.15) is 119 Å². The van der Waals surface area contributed by atoms with E-state index in [4.69, 9.17) is 16.4 Å². The van der Waals surface area contributed by atoms with E-state index in [9.17, 15) is 33.4 Å². The number of aromatic nitrogens is 5. The Morgan fingerprint density at radius 3 is 2.35 bits per heavy atom. The SMILES string of the molecule is C#Cc1ccc([C@H](C)NC(=O)[C@@H]2C[C@@H](O)CN2C(=O)[C@@H](NC(=O)N2CCC(N3CCC(c4cnc(N5CCc6[nH]c7nnc(-c8ccccc8O)cc7c6[C@H]5C)nc4)CC3)CC2)C(C)(C)CCC(F)F)cc1. The maximum absolute atomic E-state index is 14.5. The number of benzene rings is 2. The Morgan fingerprint density at radius 1 is 0.958 bits per heavy atom. The Kier molecular flexibility index (Phi) is 14.8. The zero-order valence-corrected chi connectivity index (χ0v) is 41.4. The van der Waals surface area contributed by atoms with Gasteiger partial charge in [0.1, 0.15) is 17.8 Å². The van der Waals surface area contributed by atoms with E-state index in [0.717, 1.165) is 79.5 Å². The monoisotopic (exact) mass is 986 g/mol. The van der Waals surface area contributed by atoms with Gasteiger partial charge in [0.05, 0.1) is 23.9 Å². The van der Waals surface area contributed by atoms with E-state index in [2.05, 4.69) is 48.5 Å². The van der Waals surface area contributed by atoms with Crippen LogP contribution in [0.3, 0.4) is 0 Å². The molecule has 5 N–H and O–H groups in total. The number of urea groups is 1. The number of β-amino-alcohol motifs (C(OH)–C–C–N with tert-alkyl or cyclic N) is 1. The summed E-state index contributed by atoms with van der Waals surface area (Å²) >= 11 is 0. The zero-order chi connectivity index (χ0) is 50.8. The number of aromatic hydroxyl groups is 1. The van der Waals surface area contributed by atoms with Gasteiger partial charge in [-0.3, -0.25) is 9.59 Å². The number of anilines is 1. The number of phenolic OH excluding ortho intramolecular Hbond substituents is 1. The van der Waals surface area contributed by atoms with Crippen LogP contribution in [0.15, 0.2) is 67.0 Å². The van der Waals surface area contributed by atoms with Crippen LogP contribution in [0.2, 0.25) is 0 Å². The van der Waals surface area contributed by atoms with Gasteiger partial charge in [-0.05, 0) is 112 Å². The Bertz CT molecular complexity index is 2780. The van der Waals surface area contributed by atoms with E-state index in [1.807, 2.05) is 49.6 Å². The predicted octanol–water partition coefficient (Wildman–Crippen LogP) is 6.86. The molecule has 3 aromatic heterocycles. The van der Waals surface area contributed by atoms with Crippen molar-refractivity contribution in [3.63, 3.8) is 0 Å². The van der Waals surface area contributed by atoms with Gasteiger partial charge in [0.2, 0.25) is 24.2 Å². The highest BCUT2D eigenvalue weighted by Crippen LogP contribution is 2.39. The number of hydrogen-bond acceptors (Lipinski definition) is 11. The van der Waals surface area contributed by atoms with E-state index in [0.29, 0.717) is 47.4 Å². The van der Waals surface area contributed by atoms with E-state index in [1.54, 1.807) is 43.0 Å². The van der Waals surface area contributed by atoms with E-state index in [-0.39, 0.29) is 37.2 Å². The Morgan fingerprint density at radius 2 is 1.67 bits per heavy atom. The lowest BCUT2D eigenvalue weighted by Crippen LogP contribution is -2.61. The summed E-state index contributed by atoms with van der Waals surface area (Å²) in [4.78, 5) is 63.3. The minimum atomic E-state index is -2.60. The molecule has 0 unspecified atom stereocenters. The first-order valence-electron chi connectivity index (χ1n) is 25.3. The van der Waals surface area contributed by atoms with Crippen molar-refractivity contribution in [2.75, 3.05) is 44.2 Å². The van der Waals surface area contributed by atoms with Crippen LogP contribution >= 0.6 is 0 Å². The number of amides is 4. The van der Waals surface area contributed by atoms with Crippen LogP contribution in [-0.4, -0.2) is 138 Å². The number of halogens is 2. The predicted molar refractivity (Wildman–Crippen MR) is 269 cm³/mol. The third kappa shape index (κ3) is 10.6. The number of piperidine rings is 2. The molecule has 16 nitrogen and oxygen atoms in total. The van der Waals surface area contributed by atoms with Crippen molar-refractivity contribution in [1.82, 2.24) is 50.5 Å². The van der Waals surface area contributed by atoms with Crippen molar-refractivity contribution >= 4 is 34.8 Å². The van der Waals surface area contributed by atoms with Crippen molar-refractivity contribution < 1.29 is 33.4 Å².